The molecule has 0 aromatic rings. The summed E-state index contributed by atoms with van der Waals surface area (Å²) in [5.41, 5.74) is 0. The second kappa shape index (κ2) is 4.30. The van der Waals surface area contributed by atoms with E-state index in [2.05, 4.69) is 5.32 Å². The van der Waals surface area contributed by atoms with Crippen LogP contribution in [0.5, 0.6) is 0 Å². The number of rotatable bonds is 5. The fraction of sp³-hybridized carbons (Fsp3) is 0.778. The molecular weight excluding hydrogens is 218 g/mol. The molecule has 1 aliphatic rings. The maximum absolute atomic E-state index is 11.6. The molecule has 1 saturated carbocycles. The number of carbonyl (C=O) groups excluding carboxylic acids is 1. The topological polar surface area (TPSA) is 83.5 Å². The molecule has 1 aliphatic carbocycles. The molecule has 0 radical (unpaired) electrons. The Morgan fingerprint density at radius 1 is 1.47 bits per heavy atom. The zero-order valence-electron chi connectivity index (χ0n) is 8.78. The Labute approximate surface area is 90.7 Å². The molecule has 1 amide bonds. The summed E-state index contributed by atoms with van der Waals surface area (Å²) in [6, 6.07) is 0.211. The van der Waals surface area contributed by atoms with Crippen LogP contribution in [-0.2, 0) is 20.4 Å². The van der Waals surface area contributed by atoms with E-state index in [0.29, 0.717) is 0 Å². The van der Waals surface area contributed by atoms with Gasteiger partial charge in [-0.1, -0.05) is 0 Å². The van der Waals surface area contributed by atoms with Gasteiger partial charge in [-0.25, -0.2) is 0 Å². The van der Waals surface area contributed by atoms with E-state index in [1.54, 1.807) is 0 Å². The predicted molar refractivity (Wildman–Crippen MR) is 55.9 cm³/mol. The van der Waals surface area contributed by atoms with E-state index >= 15 is 0 Å². The van der Waals surface area contributed by atoms with Crippen LogP contribution in [0.4, 0.5) is 0 Å². The van der Waals surface area contributed by atoms with E-state index in [0.717, 1.165) is 12.8 Å². The van der Waals surface area contributed by atoms with Crippen LogP contribution >= 0.6 is 0 Å². The highest BCUT2D eigenvalue weighted by molar-refractivity contribution is 7.87. The van der Waals surface area contributed by atoms with Crippen LogP contribution < -0.4 is 5.32 Å². The summed E-state index contributed by atoms with van der Waals surface area (Å²) >= 11 is 0. The van der Waals surface area contributed by atoms with Crippen LogP contribution in [0.25, 0.3) is 0 Å². The molecule has 1 rings (SSSR count). The third-order valence-electron chi connectivity index (χ3n) is 2.29. The highest BCUT2D eigenvalue weighted by atomic mass is 32.2. The van der Waals surface area contributed by atoms with Gasteiger partial charge in [-0.2, -0.15) is 0 Å². The monoisotopic (exact) mass is 233 g/mol. The molecule has 6 heteroatoms. The van der Waals surface area contributed by atoms with Gasteiger partial charge in [0.15, 0.2) is 0 Å². The van der Waals surface area contributed by atoms with Gasteiger partial charge < -0.3 is 10.4 Å². The summed E-state index contributed by atoms with van der Waals surface area (Å²) in [6.45, 7) is 2.71. The van der Waals surface area contributed by atoms with Crippen molar-refractivity contribution in [2.75, 3.05) is 5.75 Å². The van der Waals surface area contributed by atoms with Crippen LogP contribution in [0.3, 0.4) is 0 Å². The van der Waals surface area contributed by atoms with Gasteiger partial charge >= 0.3 is 5.97 Å². The molecular formula is C9H15NO4S. The lowest BCUT2D eigenvalue weighted by atomic mass is 10.2. The third-order valence-corrected chi connectivity index (χ3v) is 4.13. The minimum absolute atomic E-state index is 0.211. The average Bonchev–Trinajstić information content (AvgIpc) is 2.87. The largest absolute Gasteiger partial charge is 0.480 e. The molecule has 5 nitrogen and oxygen atoms in total. The number of carbonyl (C=O) groups is 2. The molecule has 0 spiro atoms. The Morgan fingerprint density at radius 2 is 2.00 bits per heavy atom. The second-order valence-electron chi connectivity index (χ2n) is 4.15. The van der Waals surface area contributed by atoms with E-state index in [-0.39, 0.29) is 17.7 Å². The SMILES string of the molecule is CC(C)(C(=O)O)S(=O)CC(=O)NC1CC1. The minimum atomic E-state index is -1.69. The number of carboxylic acids is 1. The number of hydrogen-bond acceptors (Lipinski definition) is 3. The first-order valence-electron chi connectivity index (χ1n) is 4.75. The van der Waals surface area contributed by atoms with E-state index in [9.17, 15) is 13.8 Å². The van der Waals surface area contributed by atoms with Crippen LogP contribution in [0.1, 0.15) is 26.7 Å². The number of hydrogen-bond donors (Lipinski definition) is 2. The smallest absolute Gasteiger partial charge is 0.321 e. The third kappa shape index (κ3) is 3.30. The number of aliphatic carboxylic acids is 1. The molecule has 1 atom stereocenters. The summed E-state index contributed by atoms with van der Waals surface area (Å²) < 4.78 is 10.2. The quantitative estimate of drug-likeness (QED) is 0.693. The summed E-state index contributed by atoms with van der Waals surface area (Å²) in [5, 5.41) is 11.5. The highest BCUT2D eigenvalue weighted by Gasteiger charge is 2.36. The van der Waals surface area contributed by atoms with Gasteiger partial charge in [-0.05, 0) is 26.7 Å². The number of amides is 1. The van der Waals surface area contributed by atoms with Crippen molar-refractivity contribution in [3.63, 3.8) is 0 Å². The molecule has 0 aromatic carbocycles. The van der Waals surface area contributed by atoms with Gasteiger partial charge in [0.2, 0.25) is 5.91 Å². The van der Waals surface area contributed by atoms with Crippen LogP contribution in [-0.4, -0.2) is 37.7 Å². The fourth-order valence-corrected chi connectivity index (χ4v) is 1.77. The van der Waals surface area contributed by atoms with Crippen LogP contribution in [0, 0.1) is 0 Å². The molecule has 0 bridgehead atoms. The Morgan fingerprint density at radius 3 is 2.40 bits per heavy atom. The summed E-state index contributed by atoms with van der Waals surface area (Å²) in [7, 11) is -1.69. The Bertz CT molecular complexity index is 309. The van der Waals surface area contributed by atoms with E-state index in [4.69, 9.17) is 5.11 Å². The molecule has 0 saturated heterocycles. The summed E-state index contributed by atoms with van der Waals surface area (Å²) in [6.07, 6.45) is 1.92. The van der Waals surface area contributed by atoms with Crippen molar-refractivity contribution in [3.8, 4) is 0 Å². The van der Waals surface area contributed by atoms with Crippen molar-refractivity contribution in [2.24, 2.45) is 0 Å². The van der Waals surface area contributed by atoms with E-state index in [1.807, 2.05) is 0 Å². The van der Waals surface area contributed by atoms with Crippen molar-refractivity contribution >= 4 is 22.7 Å². The molecule has 15 heavy (non-hydrogen) atoms. The fourth-order valence-electron chi connectivity index (χ4n) is 0.894. The first-order chi connectivity index (χ1) is 6.84. The normalized spacial score (nSPS) is 18.3. The lowest BCUT2D eigenvalue weighted by Crippen LogP contribution is -2.41. The molecule has 86 valence electrons. The van der Waals surface area contributed by atoms with Crippen molar-refractivity contribution in [3.05, 3.63) is 0 Å². The lowest BCUT2D eigenvalue weighted by Gasteiger charge is -2.17. The lowest BCUT2D eigenvalue weighted by molar-refractivity contribution is -0.139. The van der Waals surface area contributed by atoms with Crippen molar-refractivity contribution in [2.45, 2.75) is 37.5 Å². The van der Waals surface area contributed by atoms with Gasteiger partial charge in [0.05, 0.1) is 0 Å². The van der Waals surface area contributed by atoms with Gasteiger partial charge in [-0.15, -0.1) is 0 Å². The van der Waals surface area contributed by atoms with Crippen LogP contribution in [0.2, 0.25) is 0 Å². The zero-order chi connectivity index (χ0) is 11.6. The van der Waals surface area contributed by atoms with Crippen molar-refractivity contribution < 1.29 is 18.9 Å². The Balaban J connectivity index is 2.46. The molecule has 1 fully saturated rings. The minimum Gasteiger partial charge on any atom is -0.480 e. The highest BCUT2D eigenvalue weighted by Crippen LogP contribution is 2.19. The van der Waals surface area contributed by atoms with E-state index in [1.165, 1.54) is 13.8 Å². The van der Waals surface area contributed by atoms with Crippen LogP contribution in [0.15, 0.2) is 0 Å². The second-order valence-corrected chi connectivity index (χ2v) is 6.15. The number of carboxylic acid groups (broad SMARTS) is 1. The Hall–Kier alpha value is -0.910. The molecule has 0 heterocycles. The van der Waals surface area contributed by atoms with Crippen molar-refractivity contribution in [1.82, 2.24) is 5.32 Å². The summed E-state index contributed by atoms with van der Waals surface area (Å²) in [4.78, 5) is 22.0. The van der Waals surface area contributed by atoms with Gasteiger partial charge in [0.25, 0.3) is 0 Å². The summed E-state index contributed by atoms with van der Waals surface area (Å²) in [5.74, 6) is -1.72. The molecule has 0 aromatic heterocycles. The zero-order valence-corrected chi connectivity index (χ0v) is 9.60. The Kier molecular flexibility index (Phi) is 3.49. The molecule has 0 aliphatic heterocycles. The van der Waals surface area contributed by atoms with Gasteiger partial charge in [0.1, 0.15) is 10.5 Å². The van der Waals surface area contributed by atoms with Crippen molar-refractivity contribution in [1.29, 1.82) is 0 Å². The predicted octanol–water partition coefficient (Wildman–Crippen LogP) is -0.123. The number of nitrogens with one attached hydrogen (secondary N) is 1. The molecule has 2 N–H and O–H groups in total. The first-order valence-corrected chi connectivity index (χ1v) is 6.07. The van der Waals surface area contributed by atoms with E-state index < -0.39 is 21.5 Å². The van der Waals surface area contributed by atoms with Gasteiger partial charge in [0, 0.05) is 16.8 Å². The molecule has 1 unspecified atom stereocenters. The first kappa shape index (κ1) is 12.2. The standard InChI is InChI=1S/C9H15NO4S/c1-9(2,8(12)13)15(14)5-7(11)10-6-3-4-6/h6H,3-5H2,1-2H3,(H,10,11)(H,12,13). The maximum atomic E-state index is 11.6. The average molecular weight is 233 g/mol. The maximum Gasteiger partial charge on any atom is 0.321 e. The van der Waals surface area contributed by atoms with Gasteiger partial charge in [-0.3, -0.25) is 13.8 Å².